The van der Waals surface area contributed by atoms with Crippen molar-refractivity contribution < 1.29 is 19.7 Å². The van der Waals surface area contributed by atoms with Crippen LogP contribution in [0.2, 0.25) is 0 Å². The van der Waals surface area contributed by atoms with Gasteiger partial charge in [0.1, 0.15) is 0 Å². The molecule has 23 heavy (non-hydrogen) atoms. The highest BCUT2D eigenvalue weighted by Crippen LogP contribution is 2.27. The van der Waals surface area contributed by atoms with E-state index in [1.165, 1.54) is 0 Å². The van der Waals surface area contributed by atoms with Crippen LogP contribution in [0.5, 0.6) is 0 Å². The van der Waals surface area contributed by atoms with Gasteiger partial charge in [-0.1, -0.05) is 49.3 Å². The second-order valence-corrected chi connectivity index (χ2v) is 6.53. The Kier molecular flexibility index (Phi) is 5.44. The van der Waals surface area contributed by atoms with Gasteiger partial charge >= 0.3 is 7.12 Å². The first-order valence-electron chi connectivity index (χ1n) is 7.79. The summed E-state index contributed by atoms with van der Waals surface area (Å²) in [5, 5.41) is 25.6. The highest BCUT2D eigenvalue weighted by Gasteiger charge is 2.44. The molecule has 2 atom stereocenters. The van der Waals surface area contributed by atoms with Gasteiger partial charge in [0.15, 0.2) is 0 Å². The van der Waals surface area contributed by atoms with E-state index >= 15 is 0 Å². The van der Waals surface area contributed by atoms with E-state index in [9.17, 15) is 14.8 Å². The van der Waals surface area contributed by atoms with Gasteiger partial charge in [0.25, 0.3) is 5.91 Å². The van der Waals surface area contributed by atoms with Crippen LogP contribution in [0.3, 0.4) is 0 Å². The first-order chi connectivity index (χ1) is 10.8. The maximum Gasteiger partial charge on any atom is 0.475 e. The zero-order chi connectivity index (χ0) is 17.0. The van der Waals surface area contributed by atoms with Crippen molar-refractivity contribution in [2.24, 2.45) is 11.1 Å². The normalized spacial score (nSPS) is 21.6. The molecule has 0 bridgehead atoms. The summed E-state index contributed by atoms with van der Waals surface area (Å²) < 4.78 is 0. The smallest absolute Gasteiger partial charge is 0.426 e. The molecule has 1 aromatic carbocycles. The highest BCUT2D eigenvalue weighted by atomic mass is 16.7. The molecule has 1 aromatic rings. The van der Waals surface area contributed by atoms with Gasteiger partial charge in [-0.3, -0.25) is 4.79 Å². The van der Waals surface area contributed by atoms with E-state index in [1.807, 2.05) is 44.2 Å². The number of hydrogen-bond donors (Lipinski definition) is 3. The Morgan fingerprint density at radius 3 is 2.61 bits per heavy atom. The van der Waals surface area contributed by atoms with Gasteiger partial charge in [0, 0.05) is 6.42 Å². The number of benzene rings is 1. The van der Waals surface area contributed by atoms with Crippen LogP contribution in [-0.4, -0.2) is 40.3 Å². The van der Waals surface area contributed by atoms with Crippen molar-refractivity contribution in [1.82, 2.24) is 5.32 Å². The fourth-order valence-corrected chi connectivity index (χ4v) is 2.53. The van der Waals surface area contributed by atoms with Crippen LogP contribution >= 0.6 is 0 Å². The molecule has 0 saturated heterocycles. The Morgan fingerprint density at radius 2 is 2.04 bits per heavy atom. The number of carbonyl (C=O) groups excluding carboxylic acids is 1. The Hall–Kier alpha value is -1.86. The number of rotatable bonds is 6. The van der Waals surface area contributed by atoms with Gasteiger partial charge in [-0.15, -0.1) is 0 Å². The molecule has 1 heterocycles. The molecule has 0 saturated carbocycles. The van der Waals surface area contributed by atoms with E-state index in [2.05, 4.69) is 10.5 Å². The van der Waals surface area contributed by atoms with Crippen LogP contribution in [0.1, 0.15) is 39.2 Å². The molecule has 0 fully saturated rings. The first-order valence-corrected chi connectivity index (χ1v) is 7.79. The van der Waals surface area contributed by atoms with Crippen molar-refractivity contribution in [2.75, 3.05) is 0 Å². The topological polar surface area (TPSA) is 91.2 Å². The Morgan fingerprint density at radius 1 is 1.39 bits per heavy atom. The number of nitrogens with zero attached hydrogens (tertiary/aromatic N) is 1. The molecule has 0 aliphatic carbocycles. The molecule has 0 spiro atoms. The van der Waals surface area contributed by atoms with Gasteiger partial charge in [0.05, 0.1) is 11.7 Å². The molecule has 0 radical (unpaired) electrons. The van der Waals surface area contributed by atoms with E-state index in [0.717, 1.165) is 5.56 Å². The van der Waals surface area contributed by atoms with Crippen molar-refractivity contribution >= 4 is 18.7 Å². The zero-order valence-corrected chi connectivity index (χ0v) is 13.7. The summed E-state index contributed by atoms with van der Waals surface area (Å²) in [5.74, 6) is -0.912. The molecule has 2 rings (SSSR count). The summed E-state index contributed by atoms with van der Waals surface area (Å²) in [7, 11) is -1.61. The SMILES string of the molecule is CC(C)C[C@H](NC(=O)C1(C)CC(c2ccccc2)=NO1)B(O)O. The third kappa shape index (κ3) is 4.33. The summed E-state index contributed by atoms with van der Waals surface area (Å²) >= 11 is 0. The highest BCUT2D eigenvalue weighted by molar-refractivity contribution is 6.43. The summed E-state index contributed by atoms with van der Waals surface area (Å²) in [6.07, 6.45) is 0.796. The fourth-order valence-electron chi connectivity index (χ4n) is 2.53. The quantitative estimate of drug-likeness (QED) is 0.685. The Balaban J connectivity index is 2.03. The lowest BCUT2D eigenvalue weighted by Gasteiger charge is -2.25. The maximum atomic E-state index is 12.5. The number of carbonyl (C=O) groups is 1. The monoisotopic (exact) mass is 318 g/mol. The average molecular weight is 318 g/mol. The second kappa shape index (κ2) is 7.15. The van der Waals surface area contributed by atoms with Crippen LogP contribution in [0, 0.1) is 5.92 Å². The zero-order valence-electron chi connectivity index (χ0n) is 13.7. The number of amides is 1. The molecule has 0 aromatic heterocycles. The molecular formula is C16H23BN2O4. The maximum absolute atomic E-state index is 12.5. The Labute approximate surface area is 136 Å². The van der Waals surface area contributed by atoms with Crippen molar-refractivity contribution in [3.63, 3.8) is 0 Å². The van der Waals surface area contributed by atoms with Crippen LogP contribution < -0.4 is 5.32 Å². The predicted octanol–water partition coefficient (Wildman–Crippen LogP) is 1.11. The molecule has 1 aliphatic heterocycles. The molecule has 1 amide bonds. The summed E-state index contributed by atoms with van der Waals surface area (Å²) in [5.41, 5.74) is 0.466. The van der Waals surface area contributed by atoms with E-state index in [4.69, 9.17) is 4.84 Å². The van der Waals surface area contributed by atoms with Crippen molar-refractivity contribution in [2.45, 2.75) is 45.2 Å². The molecule has 1 aliphatic rings. The number of oxime groups is 1. The van der Waals surface area contributed by atoms with E-state index in [-0.39, 0.29) is 5.92 Å². The standard InChI is InChI=1S/C16H23BN2O4/c1-11(2)9-14(17(21)22)18-15(20)16(3)10-13(19-23-16)12-7-5-4-6-8-12/h4-8,11,14,21-22H,9-10H2,1-3H3,(H,18,20)/t14-,16?/m0/s1. The minimum Gasteiger partial charge on any atom is -0.426 e. The van der Waals surface area contributed by atoms with Crippen LogP contribution in [0.15, 0.2) is 35.5 Å². The van der Waals surface area contributed by atoms with Crippen molar-refractivity contribution in [3.05, 3.63) is 35.9 Å². The molecule has 1 unspecified atom stereocenters. The molecule has 6 nitrogen and oxygen atoms in total. The molecular weight excluding hydrogens is 295 g/mol. The largest absolute Gasteiger partial charge is 0.475 e. The van der Waals surface area contributed by atoms with Gasteiger partial charge in [-0.05, 0) is 24.8 Å². The van der Waals surface area contributed by atoms with Crippen LogP contribution in [-0.2, 0) is 9.63 Å². The molecule has 3 N–H and O–H groups in total. The van der Waals surface area contributed by atoms with Gasteiger partial charge in [0.2, 0.25) is 5.60 Å². The lowest BCUT2D eigenvalue weighted by atomic mass is 9.74. The average Bonchev–Trinajstić information content (AvgIpc) is 2.91. The summed E-state index contributed by atoms with van der Waals surface area (Å²) in [4.78, 5) is 17.9. The van der Waals surface area contributed by atoms with Crippen LogP contribution in [0.4, 0.5) is 0 Å². The number of nitrogens with one attached hydrogen (secondary N) is 1. The Bertz CT molecular complexity index is 577. The van der Waals surface area contributed by atoms with E-state index in [1.54, 1.807) is 6.92 Å². The third-order valence-corrected chi connectivity index (χ3v) is 3.85. The van der Waals surface area contributed by atoms with E-state index < -0.39 is 24.6 Å². The predicted molar refractivity (Wildman–Crippen MR) is 88.7 cm³/mol. The minimum atomic E-state index is -1.61. The van der Waals surface area contributed by atoms with Gasteiger partial charge in [-0.25, -0.2) is 0 Å². The van der Waals surface area contributed by atoms with E-state index in [0.29, 0.717) is 18.6 Å². The lowest BCUT2D eigenvalue weighted by Crippen LogP contribution is -2.54. The first kappa shape index (κ1) is 17.5. The molecule has 7 heteroatoms. The third-order valence-electron chi connectivity index (χ3n) is 3.85. The molecule has 124 valence electrons. The minimum absolute atomic E-state index is 0.218. The summed E-state index contributed by atoms with van der Waals surface area (Å²) in [6, 6.07) is 9.52. The summed E-state index contributed by atoms with van der Waals surface area (Å²) in [6.45, 7) is 5.55. The van der Waals surface area contributed by atoms with Gasteiger partial charge in [-0.2, -0.15) is 0 Å². The van der Waals surface area contributed by atoms with Crippen molar-refractivity contribution in [1.29, 1.82) is 0 Å². The van der Waals surface area contributed by atoms with Crippen molar-refractivity contribution in [3.8, 4) is 0 Å². The lowest BCUT2D eigenvalue weighted by molar-refractivity contribution is -0.142. The number of hydrogen-bond acceptors (Lipinski definition) is 5. The fraction of sp³-hybridized carbons (Fsp3) is 0.500. The second-order valence-electron chi connectivity index (χ2n) is 6.53. The van der Waals surface area contributed by atoms with Gasteiger partial charge < -0.3 is 20.2 Å². The van der Waals surface area contributed by atoms with Crippen LogP contribution in [0.25, 0.3) is 0 Å².